The molecule has 0 saturated carbocycles. The van der Waals surface area contributed by atoms with Crippen molar-refractivity contribution in [1.82, 2.24) is 4.90 Å². The smallest absolute Gasteiger partial charge is 0.253 e. The van der Waals surface area contributed by atoms with Crippen molar-refractivity contribution in [2.24, 2.45) is 0 Å². The Morgan fingerprint density at radius 3 is 1.93 bits per heavy atom. The molecule has 1 rings (SSSR count). The van der Waals surface area contributed by atoms with Crippen molar-refractivity contribution < 1.29 is 4.79 Å². The van der Waals surface area contributed by atoms with E-state index in [0.717, 1.165) is 11.1 Å². The molecule has 0 spiro atoms. The van der Waals surface area contributed by atoms with Crippen LogP contribution < -0.4 is 0 Å². The van der Waals surface area contributed by atoms with Crippen LogP contribution in [0.5, 0.6) is 0 Å². The molecule has 0 atom stereocenters. The van der Waals surface area contributed by atoms with Gasteiger partial charge in [-0.05, 0) is 24.6 Å². The van der Waals surface area contributed by atoms with Gasteiger partial charge in [0.15, 0.2) is 0 Å². The van der Waals surface area contributed by atoms with E-state index in [-0.39, 0.29) is 5.91 Å². The highest BCUT2D eigenvalue weighted by atomic mass is 16.2. The van der Waals surface area contributed by atoms with Crippen molar-refractivity contribution in [2.75, 3.05) is 14.1 Å². The van der Waals surface area contributed by atoms with Gasteiger partial charge in [0.2, 0.25) is 0 Å². The minimum Gasteiger partial charge on any atom is -0.345 e. The number of rotatable bonds is 2. The molecule has 0 aliphatic rings. The van der Waals surface area contributed by atoms with E-state index in [2.05, 4.69) is 6.58 Å². The van der Waals surface area contributed by atoms with E-state index in [1.165, 1.54) is 0 Å². The lowest BCUT2D eigenvalue weighted by Gasteiger charge is -2.10. The highest BCUT2D eigenvalue weighted by Gasteiger charge is 2.06. The Bertz CT molecular complexity index is 349. The summed E-state index contributed by atoms with van der Waals surface area (Å²) in [5, 5.41) is 0. The molecule has 0 aliphatic heterocycles. The van der Waals surface area contributed by atoms with Crippen LogP contribution in [-0.2, 0) is 0 Å². The number of hydrogen-bond donors (Lipinski definition) is 0. The average molecular weight is 189 g/mol. The lowest BCUT2D eigenvalue weighted by molar-refractivity contribution is 0.0827. The minimum atomic E-state index is 0.0262. The molecule has 1 aromatic carbocycles. The predicted octanol–water partition coefficient (Wildman–Crippen LogP) is 2.42. The summed E-state index contributed by atoms with van der Waals surface area (Å²) in [6, 6.07) is 7.48. The zero-order valence-corrected chi connectivity index (χ0v) is 8.87. The third-order valence-electron chi connectivity index (χ3n) is 2.03. The zero-order valence-electron chi connectivity index (χ0n) is 8.87. The molecule has 2 heteroatoms. The van der Waals surface area contributed by atoms with Crippen molar-refractivity contribution in [3.63, 3.8) is 0 Å². The summed E-state index contributed by atoms with van der Waals surface area (Å²) < 4.78 is 0. The normalized spacial score (nSPS) is 9.64. The second-order valence-corrected chi connectivity index (χ2v) is 3.56. The number of carbonyl (C=O) groups is 1. The number of benzene rings is 1. The summed E-state index contributed by atoms with van der Waals surface area (Å²) in [5.41, 5.74) is 2.79. The van der Waals surface area contributed by atoms with E-state index in [9.17, 15) is 4.79 Å². The fourth-order valence-electron chi connectivity index (χ4n) is 1.16. The first-order valence-corrected chi connectivity index (χ1v) is 4.50. The van der Waals surface area contributed by atoms with Crippen molar-refractivity contribution in [2.45, 2.75) is 6.92 Å². The molecule has 0 N–H and O–H groups in total. The van der Waals surface area contributed by atoms with E-state index < -0.39 is 0 Å². The number of amides is 1. The van der Waals surface area contributed by atoms with Gasteiger partial charge in [-0.25, -0.2) is 0 Å². The maximum absolute atomic E-state index is 11.5. The Labute approximate surface area is 84.9 Å². The SMILES string of the molecule is C=C(C)c1ccc(C(=O)N(C)C)cc1. The molecule has 14 heavy (non-hydrogen) atoms. The Morgan fingerprint density at radius 2 is 1.57 bits per heavy atom. The molecule has 0 heterocycles. The summed E-state index contributed by atoms with van der Waals surface area (Å²) in [5.74, 6) is 0.0262. The third kappa shape index (κ3) is 2.22. The lowest BCUT2D eigenvalue weighted by atomic mass is 10.1. The lowest BCUT2D eigenvalue weighted by Crippen LogP contribution is -2.21. The van der Waals surface area contributed by atoms with E-state index in [1.54, 1.807) is 19.0 Å². The third-order valence-corrected chi connectivity index (χ3v) is 2.03. The highest BCUT2D eigenvalue weighted by Crippen LogP contribution is 2.12. The van der Waals surface area contributed by atoms with Gasteiger partial charge in [-0.1, -0.05) is 24.3 Å². The van der Waals surface area contributed by atoms with Gasteiger partial charge in [0.25, 0.3) is 5.91 Å². The second kappa shape index (κ2) is 4.09. The highest BCUT2D eigenvalue weighted by molar-refractivity contribution is 5.94. The molecular formula is C12H15NO. The zero-order chi connectivity index (χ0) is 10.7. The molecule has 0 saturated heterocycles. The van der Waals surface area contributed by atoms with Gasteiger partial charge in [0, 0.05) is 19.7 Å². The van der Waals surface area contributed by atoms with E-state index in [4.69, 9.17) is 0 Å². The van der Waals surface area contributed by atoms with Gasteiger partial charge < -0.3 is 4.90 Å². The number of nitrogens with zero attached hydrogens (tertiary/aromatic N) is 1. The Balaban J connectivity index is 2.94. The van der Waals surface area contributed by atoms with E-state index in [0.29, 0.717) is 5.56 Å². The topological polar surface area (TPSA) is 20.3 Å². The van der Waals surface area contributed by atoms with Crippen LogP contribution in [0.4, 0.5) is 0 Å². The van der Waals surface area contributed by atoms with Gasteiger partial charge in [-0.2, -0.15) is 0 Å². The summed E-state index contributed by atoms with van der Waals surface area (Å²) in [4.78, 5) is 13.1. The Kier molecular flexibility index (Phi) is 3.07. The van der Waals surface area contributed by atoms with Crippen molar-refractivity contribution in [3.8, 4) is 0 Å². The summed E-state index contributed by atoms with van der Waals surface area (Å²) >= 11 is 0. The predicted molar refractivity (Wildman–Crippen MR) is 59.2 cm³/mol. The quantitative estimate of drug-likeness (QED) is 0.699. The summed E-state index contributed by atoms with van der Waals surface area (Å²) in [6.45, 7) is 5.79. The fourth-order valence-corrected chi connectivity index (χ4v) is 1.16. The first kappa shape index (κ1) is 10.5. The van der Waals surface area contributed by atoms with Crippen LogP contribution in [0.25, 0.3) is 5.57 Å². The summed E-state index contributed by atoms with van der Waals surface area (Å²) in [7, 11) is 3.49. The van der Waals surface area contributed by atoms with Crippen LogP contribution in [0.1, 0.15) is 22.8 Å². The molecule has 0 bridgehead atoms. The van der Waals surface area contributed by atoms with Gasteiger partial charge in [0.1, 0.15) is 0 Å². The molecule has 2 nitrogen and oxygen atoms in total. The molecule has 1 amide bonds. The van der Waals surface area contributed by atoms with Gasteiger partial charge in [-0.3, -0.25) is 4.79 Å². The van der Waals surface area contributed by atoms with Gasteiger partial charge >= 0.3 is 0 Å². The summed E-state index contributed by atoms with van der Waals surface area (Å²) in [6.07, 6.45) is 0. The molecule has 0 fully saturated rings. The van der Waals surface area contributed by atoms with Crippen LogP contribution in [0.2, 0.25) is 0 Å². The van der Waals surface area contributed by atoms with E-state index in [1.807, 2.05) is 31.2 Å². The van der Waals surface area contributed by atoms with Crippen LogP contribution in [-0.4, -0.2) is 24.9 Å². The van der Waals surface area contributed by atoms with Gasteiger partial charge in [0.05, 0.1) is 0 Å². The molecule has 0 unspecified atom stereocenters. The van der Waals surface area contributed by atoms with Crippen LogP contribution in [0, 0.1) is 0 Å². The maximum Gasteiger partial charge on any atom is 0.253 e. The Morgan fingerprint density at radius 1 is 1.14 bits per heavy atom. The van der Waals surface area contributed by atoms with E-state index >= 15 is 0 Å². The first-order chi connectivity index (χ1) is 6.52. The van der Waals surface area contributed by atoms with Crippen LogP contribution >= 0.6 is 0 Å². The standard InChI is InChI=1S/C12H15NO/c1-9(2)10-5-7-11(8-6-10)12(14)13(3)4/h5-8H,1H2,2-4H3. The molecule has 0 aromatic heterocycles. The van der Waals surface area contributed by atoms with Crippen molar-refractivity contribution >= 4 is 11.5 Å². The molecule has 0 radical (unpaired) electrons. The number of hydrogen-bond acceptors (Lipinski definition) is 1. The largest absolute Gasteiger partial charge is 0.345 e. The number of allylic oxidation sites excluding steroid dienone is 1. The fraction of sp³-hybridized carbons (Fsp3) is 0.250. The molecule has 74 valence electrons. The molecule has 1 aromatic rings. The second-order valence-electron chi connectivity index (χ2n) is 3.56. The molecule has 0 aliphatic carbocycles. The number of carbonyl (C=O) groups excluding carboxylic acids is 1. The maximum atomic E-state index is 11.5. The van der Waals surface area contributed by atoms with Gasteiger partial charge in [-0.15, -0.1) is 0 Å². The monoisotopic (exact) mass is 189 g/mol. The molecular weight excluding hydrogens is 174 g/mol. The first-order valence-electron chi connectivity index (χ1n) is 4.50. The minimum absolute atomic E-state index is 0.0262. The van der Waals surface area contributed by atoms with Crippen LogP contribution in [0.15, 0.2) is 30.8 Å². The average Bonchev–Trinajstić information content (AvgIpc) is 2.16. The van der Waals surface area contributed by atoms with Crippen molar-refractivity contribution in [1.29, 1.82) is 0 Å². The Hall–Kier alpha value is -1.57. The van der Waals surface area contributed by atoms with Crippen LogP contribution in [0.3, 0.4) is 0 Å². The van der Waals surface area contributed by atoms with Crippen molar-refractivity contribution in [3.05, 3.63) is 42.0 Å².